The molecule has 0 aliphatic rings. The lowest BCUT2D eigenvalue weighted by Crippen LogP contribution is -2.29. The van der Waals surface area contributed by atoms with Crippen LogP contribution in [-0.4, -0.2) is 32.7 Å². The molecule has 6 heteroatoms. The number of ether oxygens (including phenoxy) is 2. The summed E-state index contributed by atoms with van der Waals surface area (Å²) >= 11 is 2.10. The van der Waals surface area contributed by atoms with Gasteiger partial charge >= 0.3 is 0 Å². The van der Waals surface area contributed by atoms with Crippen LogP contribution < -0.4 is 20.5 Å². The van der Waals surface area contributed by atoms with Crippen molar-refractivity contribution in [1.82, 2.24) is 5.32 Å². The summed E-state index contributed by atoms with van der Waals surface area (Å²) < 4.78 is 11.2. The largest absolute Gasteiger partial charge is 0.493 e. The summed E-state index contributed by atoms with van der Waals surface area (Å²) in [5.41, 5.74) is 6.21. The summed E-state index contributed by atoms with van der Waals surface area (Å²) in [6, 6.07) is 3.53. The zero-order valence-electron chi connectivity index (χ0n) is 11.3. The molecular formula is C13H19IN2O3. The number of nitrogens with two attached hydrogens (primary N) is 1. The van der Waals surface area contributed by atoms with Crippen LogP contribution >= 0.6 is 22.6 Å². The molecule has 1 aromatic rings. The lowest BCUT2D eigenvalue weighted by atomic mass is 10.2. The number of nitrogens with one attached hydrogen (secondary N) is 1. The molecule has 0 saturated carbocycles. The van der Waals surface area contributed by atoms with E-state index in [1.54, 1.807) is 26.4 Å². The molecule has 0 aromatic heterocycles. The Hall–Kier alpha value is -1.02. The lowest BCUT2D eigenvalue weighted by Gasteiger charge is -2.12. The summed E-state index contributed by atoms with van der Waals surface area (Å²) in [7, 11) is 3.11. The van der Waals surface area contributed by atoms with E-state index in [4.69, 9.17) is 15.2 Å². The van der Waals surface area contributed by atoms with E-state index in [0.29, 0.717) is 23.6 Å². The predicted molar refractivity (Wildman–Crippen MR) is 82.9 cm³/mol. The van der Waals surface area contributed by atoms with Gasteiger partial charge in [0.15, 0.2) is 11.5 Å². The van der Waals surface area contributed by atoms with Crippen LogP contribution in [0.3, 0.4) is 0 Å². The Bertz CT molecular complexity index is 450. The quantitative estimate of drug-likeness (QED) is 0.741. The third-order valence-corrected chi connectivity index (χ3v) is 3.50. The molecule has 3 N–H and O–H groups in total. The Balaban J connectivity index is 2.85. The van der Waals surface area contributed by atoms with E-state index in [2.05, 4.69) is 27.9 Å². The molecule has 0 heterocycles. The van der Waals surface area contributed by atoms with Crippen LogP contribution in [0.25, 0.3) is 0 Å². The summed E-state index contributed by atoms with van der Waals surface area (Å²) in [5.74, 6) is 1.02. The number of hydrogen-bond acceptors (Lipinski definition) is 4. The molecule has 0 bridgehead atoms. The Morgan fingerprint density at radius 2 is 1.95 bits per heavy atom. The molecule has 0 radical (unpaired) electrons. The minimum atomic E-state index is -0.133. The van der Waals surface area contributed by atoms with Gasteiger partial charge in [0.25, 0.3) is 5.91 Å². The summed E-state index contributed by atoms with van der Waals surface area (Å²) in [5, 5.41) is 2.84. The monoisotopic (exact) mass is 378 g/mol. The van der Waals surface area contributed by atoms with Gasteiger partial charge in [-0.05, 0) is 48.1 Å². The third-order valence-electron chi connectivity index (χ3n) is 2.60. The fraction of sp³-hybridized carbons (Fsp3) is 0.462. The first-order valence-electron chi connectivity index (χ1n) is 5.95. The Morgan fingerprint density at radius 1 is 1.37 bits per heavy atom. The van der Waals surface area contributed by atoms with E-state index in [-0.39, 0.29) is 11.9 Å². The Kier molecular flexibility index (Phi) is 6.36. The number of methoxy groups -OCH3 is 2. The van der Waals surface area contributed by atoms with Crippen molar-refractivity contribution in [2.45, 2.75) is 19.4 Å². The van der Waals surface area contributed by atoms with Gasteiger partial charge in [0.05, 0.1) is 19.8 Å². The number of carbonyl (C=O) groups is 1. The Morgan fingerprint density at radius 3 is 2.47 bits per heavy atom. The summed E-state index contributed by atoms with van der Waals surface area (Å²) in [6.07, 6.45) is 0.746. The fourth-order valence-corrected chi connectivity index (χ4v) is 2.22. The maximum atomic E-state index is 12.1. The van der Waals surface area contributed by atoms with Crippen LogP contribution in [0.2, 0.25) is 0 Å². The van der Waals surface area contributed by atoms with Gasteiger partial charge in [0.2, 0.25) is 0 Å². The second-order valence-corrected chi connectivity index (χ2v) is 5.37. The number of rotatable bonds is 6. The summed E-state index contributed by atoms with van der Waals surface area (Å²) in [4.78, 5) is 12.1. The number of benzene rings is 1. The van der Waals surface area contributed by atoms with Gasteiger partial charge in [0.1, 0.15) is 0 Å². The van der Waals surface area contributed by atoms with Crippen molar-refractivity contribution in [2.75, 3.05) is 20.8 Å². The van der Waals surface area contributed by atoms with E-state index in [9.17, 15) is 4.79 Å². The van der Waals surface area contributed by atoms with Gasteiger partial charge in [-0.2, -0.15) is 0 Å². The first kappa shape index (κ1) is 16.0. The average Bonchev–Trinajstić information content (AvgIpc) is 2.37. The van der Waals surface area contributed by atoms with Crippen molar-refractivity contribution in [2.24, 2.45) is 5.73 Å². The molecule has 1 rings (SSSR count). The van der Waals surface area contributed by atoms with Crippen LogP contribution in [0.1, 0.15) is 23.7 Å². The number of halogens is 1. The predicted octanol–water partition coefficient (Wildman–Crippen LogP) is 1.78. The molecule has 19 heavy (non-hydrogen) atoms. The Labute approximate surface area is 127 Å². The van der Waals surface area contributed by atoms with Crippen molar-refractivity contribution >= 4 is 28.5 Å². The highest BCUT2D eigenvalue weighted by Crippen LogP contribution is 2.31. The normalized spacial score (nSPS) is 11.8. The second kappa shape index (κ2) is 7.54. The standard InChI is InChI=1S/C13H19IN2O3/c1-8(15)4-5-16-13(17)9-6-11(18-2)12(19-3)7-10(9)14/h6-8H,4-5,15H2,1-3H3,(H,16,17). The molecule has 1 atom stereocenters. The first-order chi connectivity index (χ1) is 8.99. The molecule has 5 nitrogen and oxygen atoms in total. The topological polar surface area (TPSA) is 73.6 Å². The highest BCUT2D eigenvalue weighted by atomic mass is 127. The van der Waals surface area contributed by atoms with Crippen molar-refractivity contribution in [3.05, 3.63) is 21.3 Å². The zero-order valence-corrected chi connectivity index (χ0v) is 13.5. The van der Waals surface area contributed by atoms with Crippen molar-refractivity contribution in [3.63, 3.8) is 0 Å². The van der Waals surface area contributed by atoms with E-state index < -0.39 is 0 Å². The van der Waals surface area contributed by atoms with Crippen LogP contribution in [0, 0.1) is 3.57 Å². The van der Waals surface area contributed by atoms with Crippen LogP contribution in [0.4, 0.5) is 0 Å². The van der Waals surface area contributed by atoms with E-state index >= 15 is 0 Å². The first-order valence-corrected chi connectivity index (χ1v) is 7.02. The number of amides is 1. The van der Waals surface area contributed by atoms with E-state index in [0.717, 1.165) is 9.99 Å². The fourth-order valence-electron chi connectivity index (χ4n) is 1.54. The van der Waals surface area contributed by atoms with Gasteiger partial charge in [-0.1, -0.05) is 0 Å². The molecule has 0 aliphatic heterocycles. The minimum Gasteiger partial charge on any atom is -0.493 e. The van der Waals surface area contributed by atoms with Crippen molar-refractivity contribution in [1.29, 1.82) is 0 Å². The molecule has 0 saturated heterocycles. The molecule has 1 unspecified atom stereocenters. The average molecular weight is 378 g/mol. The molecule has 0 aliphatic carbocycles. The molecule has 106 valence electrons. The minimum absolute atomic E-state index is 0.0739. The zero-order chi connectivity index (χ0) is 14.4. The molecule has 0 fully saturated rings. The van der Waals surface area contributed by atoms with Gasteiger partial charge in [-0.15, -0.1) is 0 Å². The lowest BCUT2D eigenvalue weighted by molar-refractivity contribution is 0.0951. The van der Waals surface area contributed by atoms with Crippen LogP contribution in [0.5, 0.6) is 11.5 Å². The van der Waals surface area contributed by atoms with Crippen LogP contribution in [0.15, 0.2) is 12.1 Å². The SMILES string of the molecule is COc1cc(I)c(C(=O)NCCC(C)N)cc1OC. The second-order valence-electron chi connectivity index (χ2n) is 4.21. The summed E-state index contributed by atoms with van der Waals surface area (Å²) in [6.45, 7) is 2.47. The maximum absolute atomic E-state index is 12.1. The molecule has 0 spiro atoms. The number of carbonyl (C=O) groups excluding carboxylic acids is 1. The van der Waals surface area contributed by atoms with Crippen molar-refractivity contribution in [3.8, 4) is 11.5 Å². The van der Waals surface area contributed by atoms with Crippen LogP contribution in [-0.2, 0) is 0 Å². The number of hydrogen-bond donors (Lipinski definition) is 2. The van der Waals surface area contributed by atoms with Gasteiger partial charge in [-0.25, -0.2) is 0 Å². The smallest absolute Gasteiger partial charge is 0.252 e. The van der Waals surface area contributed by atoms with Crippen molar-refractivity contribution < 1.29 is 14.3 Å². The van der Waals surface area contributed by atoms with Gasteiger partial charge in [-0.3, -0.25) is 4.79 Å². The third kappa shape index (κ3) is 4.54. The highest BCUT2D eigenvalue weighted by molar-refractivity contribution is 14.1. The van der Waals surface area contributed by atoms with E-state index in [1.165, 1.54) is 0 Å². The molecule has 1 aromatic carbocycles. The van der Waals surface area contributed by atoms with Gasteiger partial charge < -0.3 is 20.5 Å². The molecule has 1 amide bonds. The maximum Gasteiger partial charge on any atom is 0.252 e. The van der Waals surface area contributed by atoms with E-state index in [1.807, 2.05) is 6.92 Å². The van der Waals surface area contributed by atoms with Gasteiger partial charge in [0, 0.05) is 16.2 Å². The highest BCUT2D eigenvalue weighted by Gasteiger charge is 2.15. The molecular weight excluding hydrogens is 359 g/mol.